The molecule has 1 aliphatic rings. The monoisotopic (exact) mass is 389 g/mol. The van der Waals surface area contributed by atoms with Crippen LogP contribution in [0.2, 0.25) is 5.02 Å². The Morgan fingerprint density at radius 2 is 1.96 bits per heavy atom. The third-order valence-corrected chi connectivity index (χ3v) is 4.42. The van der Waals surface area contributed by atoms with Gasteiger partial charge in [0.1, 0.15) is 30.2 Å². The number of epoxide rings is 1. The van der Waals surface area contributed by atoms with Crippen molar-refractivity contribution in [2.75, 3.05) is 0 Å². The number of rotatable bonds is 4. The van der Waals surface area contributed by atoms with Crippen molar-refractivity contribution in [2.24, 2.45) is 0 Å². The third-order valence-electron chi connectivity index (χ3n) is 4.08. The molecule has 1 aliphatic heterocycles. The number of hydrogen-bond donors (Lipinski definition) is 1. The van der Waals surface area contributed by atoms with Gasteiger partial charge in [-0.15, -0.1) is 0 Å². The van der Waals surface area contributed by atoms with E-state index in [1.54, 1.807) is 23.1 Å². The standard InChI is InChI=1S/C17H13ClFN3O.C2H4O2/c18-15-4-2-1-3-14(15)16-17(23-16,9-22-11-20-10-21-22)12-5-7-13(19)8-6-12;1-2(3)4/h1-8,10-11,16H,9H2;1H3,(H,3,4). The molecule has 27 heavy (non-hydrogen) atoms. The van der Waals surface area contributed by atoms with Crippen LogP contribution >= 0.6 is 11.6 Å². The number of benzene rings is 2. The van der Waals surface area contributed by atoms with Crippen LogP contribution in [0, 0.1) is 5.82 Å². The van der Waals surface area contributed by atoms with E-state index in [-0.39, 0.29) is 11.9 Å². The van der Waals surface area contributed by atoms with Crippen LogP contribution in [0.15, 0.2) is 61.2 Å². The molecule has 3 aromatic rings. The molecule has 1 aromatic heterocycles. The van der Waals surface area contributed by atoms with E-state index in [4.69, 9.17) is 26.2 Å². The molecular formula is C19H17ClFN3O3. The second-order valence-corrected chi connectivity index (χ2v) is 6.44. The number of carboxylic acids is 1. The second kappa shape index (κ2) is 7.85. The number of hydrogen-bond acceptors (Lipinski definition) is 4. The molecule has 1 fully saturated rings. The molecule has 0 aliphatic carbocycles. The minimum atomic E-state index is -0.833. The summed E-state index contributed by atoms with van der Waals surface area (Å²) in [6, 6.07) is 13.9. The van der Waals surface area contributed by atoms with Gasteiger partial charge in [-0.05, 0) is 23.8 Å². The number of aromatic nitrogens is 3. The molecule has 140 valence electrons. The SMILES string of the molecule is CC(=O)O.Fc1ccc(C2(Cn3cncn3)OC2c2ccccc2Cl)cc1. The number of carbonyl (C=O) groups is 1. The van der Waals surface area contributed by atoms with Crippen LogP contribution in [0.25, 0.3) is 0 Å². The number of nitrogens with zero attached hydrogens (tertiary/aromatic N) is 3. The highest BCUT2D eigenvalue weighted by atomic mass is 35.5. The number of aliphatic carboxylic acids is 1. The number of carboxylic acid groups (broad SMARTS) is 1. The maximum atomic E-state index is 13.3. The zero-order valence-corrected chi connectivity index (χ0v) is 15.2. The topological polar surface area (TPSA) is 80.5 Å². The van der Waals surface area contributed by atoms with Gasteiger partial charge in [-0.1, -0.05) is 41.9 Å². The minimum absolute atomic E-state index is 0.203. The lowest BCUT2D eigenvalue weighted by Crippen LogP contribution is -2.19. The second-order valence-electron chi connectivity index (χ2n) is 6.03. The molecule has 1 N–H and O–H groups in total. The van der Waals surface area contributed by atoms with Crippen LogP contribution in [-0.2, 0) is 21.7 Å². The van der Waals surface area contributed by atoms with Crippen molar-refractivity contribution < 1.29 is 19.0 Å². The zero-order valence-electron chi connectivity index (χ0n) is 14.4. The van der Waals surface area contributed by atoms with Crippen molar-refractivity contribution in [3.8, 4) is 0 Å². The first-order valence-corrected chi connectivity index (χ1v) is 8.50. The van der Waals surface area contributed by atoms with Crippen LogP contribution < -0.4 is 0 Å². The van der Waals surface area contributed by atoms with Gasteiger partial charge in [-0.25, -0.2) is 14.1 Å². The van der Waals surface area contributed by atoms with Crippen molar-refractivity contribution in [3.05, 3.63) is 83.2 Å². The Labute approximate surface area is 160 Å². The molecule has 0 saturated carbocycles. The molecule has 0 spiro atoms. The molecule has 2 unspecified atom stereocenters. The minimum Gasteiger partial charge on any atom is -0.481 e. The van der Waals surface area contributed by atoms with Gasteiger partial charge < -0.3 is 9.84 Å². The predicted molar refractivity (Wildman–Crippen MR) is 96.7 cm³/mol. The molecule has 0 amide bonds. The molecule has 0 radical (unpaired) electrons. The van der Waals surface area contributed by atoms with Crippen molar-refractivity contribution in [1.29, 1.82) is 0 Å². The molecule has 1 saturated heterocycles. The Bertz CT molecular complexity index is 914. The fourth-order valence-electron chi connectivity index (χ4n) is 2.90. The largest absolute Gasteiger partial charge is 0.481 e. The molecule has 8 heteroatoms. The summed E-state index contributed by atoms with van der Waals surface area (Å²) in [4.78, 5) is 13.0. The van der Waals surface area contributed by atoms with Crippen LogP contribution in [-0.4, -0.2) is 25.8 Å². The fourth-order valence-corrected chi connectivity index (χ4v) is 3.13. The summed E-state index contributed by atoms with van der Waals surface area (Å²) >= 11 is 6.31. The lowest BCUT2D eigenvalue weighted by atomic mass is 9.91. The van der Waals surface area contributed by atoms with Crippen LogP contribution in [0.4, 0.5) is 4.39 Å². The highest BCUT2D eigenvalue weighted by molar-refractivity contribution is 6.31. The van der Waals surface area contributed by atoms with E-state index >= 15 is 0 Å². The summed E-state index contributed by atoms with van der Waals surface area (Å²) in [6.45, 7) is 1.56. The van der Waals surface area contributed by atoms with Gasteiger partial charge in [-0.3, -0.25) is 4.79 Å². The molecule has 4 rings (SSSR count). The van der Waals surface area contributed by atoms with Gasteiger partial charge in [0.05, 0.1) is 6.54 Å². The van der Waals surface area contributed by atoms with Gasteiger partial charge in [0.2, 0.25) is 0 Å². The smallest absolute Gasteiger partial charge is 0.300 e. The summed E-state index contributed by atoms with van der Waals surface area (Å²) in [5, 5.41) is 12.2. The Morgan fingerprint density at radius 3 is 2.56 bits per heavy atom. The molecule has 2 heterocycles. The van der Waals surface area contributed by atoms with E-state index in [0.717, 1.165) is 18.1 Å². The Morgan fingerprint density at radius 1 is 1.30 bits per heavy atom. The van der Waals surface area contributed by atoms with Gasteiger partial charge in [-0.2, -0.15) is 5.10 Å². The zero-order chi connectivity index (χ0) is 19.4. The molecule has 0 bridgehead atoms. The van der Waals surface area contributed by atoms with E-state index in [1.807, 2.05) is 24.3 Å². The van der Waals surface area contributed by atoms with E-state index < -0.39 is 11.6 Å². The van der Waals surface area contributed by atoms with E-state index in [2.05, 4.69) is 10.1 Å². The van der Waals surface area contributed by atoms with Gasteiger partial charge in [0.25, 0.3) is 5.97 Å². The third kappa shape index (κ3) is 4.32. The first-order chi connectivity index (χ1) is 12.9. The van der Waals surface area contributed by atoms with E-state index in [0.29, 0.717) is 11.6 Å². The number of ether oxygens (including phenoxy) is 1. The number of halogens is 2. The molecule has 6 nitrogen and oxygen atoms in total. The Balaban J connectivity index is 0.000000481. The lowest BCUT2D eigenvalue weighted by molar-refractivity contribution is -0.134. The Kier molecular flexibility index (Phi) is 5.53. The summed E-state index contributed by atoms with van der Waals surface area (Å²) < 4.78 is 21.1. The van der Waals surface area contributed by atoms with Crippen molar-refractivity contribution in [1.82, 2.24) is 14.8 Å². The van der Waals surface area contributed by atoms with Gasteiger partial charge in [0, 0.05) is 17.5 Å². The fraction of sp³-hybridized carbons (Fsp3) is 0.211. The van der Waals surface area contributed by atoms with Gasteiger partial charge >= 0.3 is 0 Å². The van der Waals surface area contributed by atoms with Crippen molar-refractivity contribution >= 4 is 17.6 Å². The maximum Gasteiger partial charge on any atom is 0.300 e. The van der Waals surface area contributed by atoms with Crippen molar-refractivity contribution in [2.45, 2.75) is 25.2 Å². The summed E-state index contributed by atoms with van der Waals surface area (Å²) in [7, 11) is 0. The maximum absolute atomic E-state index is 13.3. The van der Waals surface area contributed by atoms with Gasteiger partial charge in [0.15, 0.2) is 0 Å². The lowest BCUT2D eigenvalue weighted by Gasteiger charge is -2.14. The molecule has 2 atom stereocenters. The summed E-state index contributed by atoms with van der Waals surface area (Å²) in [6.07, 6.45) is 2.91. The van der Waals surface area contributed by atoms with E-state index in [9.17, 15) is 4.39 Å². The highest BCUT2D eigenvalue weighted by Gasteiger charge is 2.59. The normalized spacial score (nSPS) is 20.5. The first kappa shape index (κ1) is 19.0. The van der Waals surface area contributed by atoms with Crippen LogP contribution in [0.5, 0.6) is 0 Å². The van der Waals surface area contributed by atoms with Crippen LogP contribution in [0.1, 0.15) is 24.2 Å². The first-order valence-electron chi connectivity index (χ1n) is 8.12. The average molecular weight is 390 g/mol. The summed E-state index contributed by atoms with van der Waals surface area (Å²) in [5.74, 6) is -1.11. The van der Waals surface area contributed by atoms with E-state index in [1.165, 1.54) is 18.5 Å². The highest BCUT2D eigenvalue weighted by Crippen LogP contribution is 2.59. The molecular weight excluding hydrogens is 373 g/mol. The molecule has 2 aromatic carbocycles. The predicted octanol–water partition coefficient (Wildman–Crippen LogP) is 3.83. The Hall–Kier alpha value is -2.77. The van der Waals surface area contributed by atoms with Crippen molar-refractivity contribution in [3.63, 3.8) is 0 Å². The summed E-state index contributed by atoms with van der Waals surface area (Å²) in [5.41, 5.74) is 1.18. The quantitative estimate of drug-likeness (QED) is 0.686. The average Bonchev–Trinajstić information content (AvgIpc) is 3.09. The van der Waals surface area contributed by atoms with Crippen LogP contribution in [0.3, 0.4) is 0 Å².